The standard InChI is InChI=1S/C10H12ClFN2/c1-14(6-2-3-6)10-4-7(11)8(12)5-9(10)13/h4-6H,2-3,13H2,1H3. The van der Waals surface area contributed by atoms with Gasteiger partial charge in [-0.25, -0.2) is 4.39 Å². The summed E-state index contributed by atoms with van der Waals surface area (Å²) in [7, 11) is 1.96. The smallest absolute Gasteiger partial charge is 0.143 e. The van der Waals surface area contributed by atoms with Crippen LogP contribution in [0.15, 0.2) is 12.1 Å². The highest BCUT2D eigenvalue weighted by Crippen LogP contribution is 2.35. The second-order valence-corrected chi connectivity index (χ2v) is 4.07. The van der Waals surface area contributed by atoms with Crippen LogP contribution in [0.1, 0.15) is 12.8 Å². The lowest BCUT2D eigenvalue weighted by atomic mass is 10.2. The average Bonchev–Trinajstić information content (AvgIpc) is 2.93. The molecule has 0 atom stereocenters. The molecule has 0 unspecified atom stereocenters. The topological polar surface area (TPSA) is 29.3 Å². The Hall–Kier alpha value is -0.960. The fourth-order valence-electron chi connectivity index (χ4n) is 1.52. The SMILES string of the molecule is CN(c1cc(Cl)c(F)cc1N)C1CC1. The van der Waals surface area contributed by atoms with Gasteiger partial charge in [-0.3, -0.25) is 0 Å². The Morgan fingerprint density at radius 2 is 2.14 bits per heavy atom. The second-order valence-electron chi connectivity index (χ2n) is 3.67. The minimum absolute atomic E-state index is 0.127. The molecule has 0 heterocycles. The zero-order valence-corrected chi connectivity index (χ0v) is 8.68. The van der Waals surface area contributed by atoms with Crippen molar-refractivity contribution in [2.45, 2.75) is 18.9 Å². The molecule has 2 nitrogen and oxygen atoms in total. The molecule has 2 rings (SSSR count). The van der Waals surface area contributed by atoms with E-state index in [9.17, 15) is 4.39 Å². The van der Waals surface area contributed by atoms with Gasteiger partial charge in [-0.15, -0.1) is 0 Å². The van der Waals surface area contributed by atoms with Crippen LogP contribution in [0, 0.1) is 5.82 Å². The van der Waals surface area contributed by atoms with Crippen molar-refractivity contribution in [1.82, 2.24) is 0 Å². The third-order valence-corrected chi connectivity index (χ3v) is 2.83. The van der Waals surface area contributed by atoms with Crippen LogP contribution >= 0.6 is 11.6 Å². The lowest BCUT2D eigenvalue weighted by Gasteiger charge is -2.20. The number of nitrogens with two attached hydrogens (primary N) is 1. The van der Waals surface area contributed by atoms with E-state index in [0.29, 0.717) is 11.7 Å². The predicted octanol–water partition coefficient (Wildman–Crippen LogP) is 2.66. The van der Waals surface area contributed by atoms with Crippen molar-refractivity contribution in [3.8, 4) is 0 Å². The minimum atomic E-state index is -0.461. The van der Waals surface area contributed by atoms with Gasteiger partial charge >= 0.3 is 0 Å². The first kappa shape index (κ1) is 9.59. The summed E-state index contributed by atoms with van der Waals surface area (Å²) in [6.07, 6.45) is 2.34. The van der Waals surface area contributed by atoms with Gasteiger partial charge < -0.3 is 10.6 Å². The highest BCUT2D eigenvalue weighted by molar-refractivity contribution is 6.31. The predicted molar refractivity (Wildman–Crippen MR) is 57.2 cm³/mol. The zero-order valence-electron chi connectivity index (χ0n) is 7.93. The number of rotatable bonds is 2. The van der Waals surface area contributed by atoms with Crippen LogP contribution in [0.4, 0.5) is 15.8 Å². The Morgan fingerprint density at radius 1 is 1.50 bits per heavy atom. The number of nitrogen functional groups attached to an aromatic ring is 1. The first-order valence-corrected chi connectivity index (χ1v) is 4.94. The number of benzene rings is 1. The summed E-state index contributed by atoms with van der Waals surface area (Å²) in [5.74, 6) is -0.461. The summed E-state index contributed by atoms with van der Waals surface area (Å²) in [4.78, 5) is 2.06. The van der Waals surface area contributed by atoms with E-state index in [1.54, 1.807) is 6.07 Å². The van der Waals surface area contributed by atoms with Crippen molar-refractivity contribution in [2.75, 3.05) is 17.7 Å². The summed E-state index contributed by atoms with van der Waals surface area (Å²) in [5.41, 5.74) is 6.98. The van der Waals surface area contributed by atoms with Crippen LogP contribution in [-0.2, 0) is 0 Å². The zero-order chi connectivity index (χ0) is 10.3. The lowest BCUT2D eigenvalue weighted by Crippen LogP contribution is -2.20. The number of hydrogen-bond acceptors (Lipinski definition) is 2. The average molecular weight is 215 g/mol. The Balaban J connectivity index is 2.36. The number of halogens is 2. The summed E-state index contributed by atoms with van der Waals surface area (Å²) in [5, 5.41) is 0.127. The van der Waals surface area contributed by atoms with Crippen molar-refractivity contribution in [2.24, 2.45) is 0 Å². The molecule has 14 heavy (non-hydrogen) atoms. The number of anilines is 2. The molecule has 1 aromatic carbocycles. The van der Waals surface area contributed by atoms with E-state index < -0.39 is 5.82 Å². The molecule has 0 aliphatic heterocycles. The number of hydrogen-bond donors (Lipinski definition) is 1. The van der Waals surface area contributed by atoms with Crippen LogP contribution in [0.2, 0.25) is 5.02 Å². The molecule has 1 aromatic rings. The van der Waals surface area contributed by atoms with Gasteiger partial charge in [-0.2, -0.15) is 0 Å². The van der Waals surface area contributed by atoms with E-state index in [1.165, 1.54) is 18.9 Å². The highest BCUT2D eigenvalue weighted by Gasteiger charge is 2.27. The normalized spacial score (nSPS) is 15.6. The maximum Gasteiger partial charge on any atom is 0.143 e. The molecule has 1 aliphatic carbocycles. The molecular weight excluding hydrogens is 203 g/mol. The van der Waals surface area contributed by atoms with Crippen LogP contribution in [0.25, 0.3) is 0 Å². The summed E-state index contributed by atoms with van der Waals surface area (Å²) in [6, 6.07) is 3.40. The Morgan fingerprint density at radius 3 is 2.71 bits per heavy atom. The Bertz CT molecular complexity index is 363. The largest absolute Gasteiger partial charge is 0.397 e. The molecule has 76 valence electrons. The van der Waals surface area contributed by atoms with Crippen LogP contribution < -0.4 is 10.6 Å². The Labute approximate surface area is 87.5 Å². The maximum absolute atomic E-state index is 13.0. The molecule has 2 N–H and O–H groups in total. The quantitative estimate of drug-likeness (QED) is 0.767. The highest BCUT2D eigenvalue weighted by atomic mass is 35.5. The van der Waals surface area contributed by atoms with Crippen molar-refractivity contribution in [3.63, 3.8) is 0 Å². The van der Waals surface area contributed by atoms with Gasteiger partial charge in [0.15, 0.2) is 0 Å². The van der Waals surface area contributed by atoms with Crippen LogP contribution in [-0.4, -0.2) is 13.1 Å². The van der Waals surface area contributed by atoms with E-state index in [1.807, 2.05) is 7.05 Å². The van der Waals surface area contributed by atoms with Gasteiger partial charge in [0.25, 0.3) is 0 Å². The molecule has 1 fully saturated rings. The van der Waals surface area contributed by atoms with Crippen LogP contribution in [0.3, 0.4) is 0 Å². The molecule has 0 radical (unpaired) electrons. The van der Waals surface area contributed by atoms with E-state index in [-0.39, 0.29) is 5.02 Å². The van der Waals surface area contributed by atoms with Gasteiger partial charge in [0.05, 0.1) is 16.4 Å². The first-order chi connectivity index (χ1) is 6.59. The van der Waals surface area contributed by atoms with E-state index in [2.05, 4.69) is 4.90 Å². The van der Waals surface area contributed by atoms with Gasteiger partial charge in [-0.1, -0.05) is 11.6 Å². The third-order valence-electron chi connectivity index (χ3n) is 2.54. The van der Waals surface area contributed by atoms with Gasteiger partial charge in [0.1, 0.15) is 5.82 Å². The summed E-state index contributed by atoms with van der Waals surface area (Å²) in [6.45, 7) is 0. The fourth-order valence-corrected chi connectivity index (χ4v) is 1.67. The molecule has 0 amide bonds. The molecule has 1 aliphatic rings. The van der Waals surface area contributed by atoms with Crippen molar-refractivity contribution in [1.29, 1.82) is 0 Å². The molecular formula is C10H12ClFN2. The molecule has 0 saturated heterocycles. The third kappa shape index (κ3) is 1.64. The second kappa shape index (κ2) is 3.31. The monoisotopic (exact) mass is 214 g/mol. The van der Waals surface area contributed by atoms with Crippen molar-refractivity contribution < 1.29 is 4.39 Å². The summed E-state index contributed by atoms with van der Waals surface area (Å²) < 4.78 is 13.0. The molecule has 0 aromatic heterocycles. The fraction of sp³-hybridized carbons (Fsp3) is 0.400. The van der Waals surface area contributed by atoms with Gasteiger partial charge in [-0.05, 0) is 18.9 Å². The Kier molecular flexibility index (Phi) is 2.27. The molecule has 0 bridgehead atoms. The maximum atomic E-state index is 13.0. The van der Waals surface area contributed by atoms with E-state index >= 15 is 0 Å². The molecule has 1 saturated carbocycles. The van der Waals surface area contributed by atoms with E-state index in [4.69, 9.17) is 17.3 Å². The first-order valence-electron chi connectivity index (χ1n) is 4.57. The van der Waals surface area contributed by atoms with E-state index in [0.717, 1.165) is 5.69 Å². The van der Waals surface area contributed by atoms with Gasteiger partial charge in [0, 0.05) is 19.2 Å². The molecule has 0 spiro atoms. The number of nitrogens with zero attached hydrogens (tertiary/aromatic N) is 1. The van der Waals surface area contributed by atoms with Gasteiger partial charge in [0.2, 0.25) is 0 Å². The minimum Gasteiger partial charge on any atom is -0.397 e. The van der Waals surface area contributed by atoms with Crippen LogP contribution in [0.5, 0.6) is 0 Å². The van der Waals surface area contributed by atoms with Crippen molar-refractivity contribution >= 4 is 23.0 Å². The van der Waals surface area contributed by atoms with Crippen molar-refractivity contribution in [3.05, 3.63) is 23.0 Å². The molecule has 4 heteroatoms. The summed E-state index contributed by atoms with van der Waals surface area (Å²) >= 11 is 5.70. The lowest BCUT2D eigenvalue weighted by molar-refractivity contribution is 0.628.